The average Bonchev–Trinajstić information content (AvgIpc) is 2.96. The number of rotatable bonds is 2. The molecule has 1 N–H and O–H groups in total. The van der Waals surface area contributed by atoms with E-state index in [1.807, 2.05) is 52.1 Å². The van der Waals surface area contributed by atoms with Crippen molar-refractivity contribution in [2.24, 2.45) is 7.05 Å². The molecule has 1 aromatic carbocycles. The van der Waals surface area contributed by atoms with Gasteiger partial charge in [-0.3, -0.25) is 9.48 Å². The highest BCUT2D eigenvalue weighted by Crippen LogP contribution is 2.26. The van der Waals surface area contributed by atoms with Crippen LogP contribution in [-0.4, -0.2) is 38.8 Å². The molecule has 30 heavy (non-hydrogen) atoms. The molecule has 2 amide bonds. The van der Waals surface area contributed by atoms with Gasteiger partial charge in [-0.05, 0) is 43.9 Å². The third-order valence-electron chi connectivity index (χ3n) is 5.12. The van der Waals surface area contributed by atoms with Crippen molar-refractivity contribution in [1.82, 2.24) is 14.7 Å². The fourth-order valence-electron chi connectivity index (χ4n) is 3.50. The van der Waals surface area contributed by atoms with Crippen LogP contribution in [0, 0.1) is 0 Å². The quantitative estimate of drug-likeness (QED) is 0.799. The van der Waals surface area contributed by atoms with Crippen LogP contribution in [0.5, 0.6) is 0 Å². The van der Waals surface area contributed by atoms with E-state index in [1.165, 1.54) is 5.56 Å². The number of nitrogens with zero attached hydrogens (tertiary/aromatic N) is 3. The molecule has 7 heteroatoms. The molecule has 1 aliphatic heterocycles. The first-order valence-corrected chi connectivity index (χ1v) is 10.3. The van der Waals surface area contributed by atoms with Crippen LogP contribution in [0.3, 0.4) is 0 Å². The Balaban J connectivity index is 1.78. The van der Waals surface area contributed by atoms with Gasteiger partial charge in [0.05, 0.1) is 6.54 Å². The van der Waals surface area contributed by atoms with Crippen molar-refractivity contribution in [3.05, 3.63) is 46.8 Å². The summed E-state index contributed by atoms with van der Waals surface area (Å²) in [7, 11) is 1.83. The van der Waals surface area contributed by atoms with Gasteiger partial charge in [0.1, 0.15) is 5.60 Å². The van der Waals surface area contributed by atoms with Crippen LogP contribution in [0.15, 0.2) is 24.3 Å². The Kier molecular flexibility index (Phi) is 5.67. The fraction of sp³-hybridized carbons (Fsp3) is 0.522. The second-order valence-electron chi connectivity index (χ2n) is 9.83. The molecule has 2 aromatic rings. The highest BCUT2D eigenvalue weighted by molar-refractivity contribution is 6.04. The van der Waals surface area contributed by atoms with Crippen molar-refractivity contribution in [2.75, 3.05) is 11.9 Å². The van der Waals surface area contributed by atoms with E-state index in [4.69, 9.17) is 4.74 Å². The predicted octanol–water partition coefficient (Wildman–Crippen LogP) is 4.26. The highest BCUT2D eigenvalue weighted by Gasteiger charge is 2.31. The number of carbonyl (C=O) groups is 2. The summed E-state index contributed by atoms with van der Waals surface area (Å²) >= 11 is 0. The van der Waals surface area contributed by atoms with E-state index in [2.05, 4.69) is 31.2 Å². The van der Waals surface area contributed by atoms with Gasteiger partial charge in [0.15, 0.2) is 5.69 Å². The van der Waals surface area contributed by atoms with Gasteiger partial charge < -0.3 is 15.0 Å². The smallest absolute Gasteiger partial charge is 0.410 e. The minimum atomic E-state index is -0.564. The third kappa shape index (κ3) is 4.83. The zero-order valence-electron chi connectivity index (χ0n) is 19.0. The summed E-state index contributed by atoms with van der Waals surface area (Å²) < 4.78 is 7.23. The van der Waals surface area contributed by atoms with Gasteiger partial charge in [-0.1, -0.05) is 32.9 Å². The molecular weight excluding hydrogens is 380 g/mol. The molecule has 0 saturated heterocycles. The molecular formula is C23H32N4O3. The number of amides is 2. The molecule has 0 radical (unpaired) electrons. The monoisotopic (exact) mass is 412 g/mol. The first-order valence-electron chi connectivity index (χ1n) is 10.3. The van der Waals surface area contributed by atoms with Gasteiger partial charge in [0.2, 0.25) is 0 Å². The first-order chi connectivity index (χ1) is 13.8. The third-order valence-corrected chi connectivity index (χ3v) is 5.12. The Hall–Kier alpha value is -2.83. The van der Waals surface area contributed by atoms with E-state index in [0.717, 1.165) is 11.3 Å². The second kappa shape index (κ2) is 7.78. The van der Waals surface area contributed by atoms with E-state index in [0.29, 0.717) is 30.9 Å². The van der Waals surface area contributed by atoms with Crippen LogP contribution in [0.4, 0.5) is 10.5 Å². The van der Waals surface area contributed by atoms with Gasteiger partial charge in [-0.25, -0.2) is 4.79 Å². The Morgan fingerprint density at radius 2 is 1.70 bits per heavy atom. The molecule has 0 fully saturated rings. The second-order valence-corrected chi connectivity index (χ2v) is 9.83. The zero-order valence-corrected chi connectivity index (χ0v) is 19.0. The van der Waals surface area contributed by atoms with Crippen molar-refractivity contribution in [3.63, 3.8) is 0 Å². The average molecular weight is 413 g/mol. The Morgan fingerprint density at radius 1 is 1.07 bits per heavy atom. The SMILES string of the molecule is Cn1nc(C(=O)Nc2ccc(C(C)(C)C)cc2)c2c1CCN(C(=O)OC(C)(C)C)C2. The van der Waals surface area contributed by atoms with Crippen LogP contribution in [0.25, 0.3) is 0 Å². The maximum absolute atomic E-state index is 13.0. The van der Waals surface area contributed by atoms with Gasteiger partial charge in [-0.15, -0.1) is 0 Å². The summed E-state index contributed by atoms with van der Waals surface area (Å²) in [4.78, 5) is 27.1. The first kappa shape index (κ1) is 21.9. The van der Waals surface area contributed by atoms with Crippen molar-refractivity contribution in [3.8, 4) is 0 Å². The molecule has 3 rings (SSSR count). The van der Waals surface area contributed by atoms with Crippen LogP contribution in [0.2, 0.25) is 0 Å². The van der Waals surface area contributed by atoms with Crippen LogP contribution >= 0.6 is 0 Å². The van der Waals surface area contributed by atoms with E-state index < -0.39 is 5.60 Å². The Bertz CT molecular complexity index is 947. The van der Waals surface area contributed by atoms with E-state index >= 15 is 0 Å². The lowest BCUT2D eigenvalue weighted by Crippen LogP contribution is -2.40. The largest absolute Gasteiger partial charge is 0.444 e. The minimum absolute atomic E-state index is 0.0493. The Morgan fingerprint density at radius 3 is 2.27 bits per heavy atom. The summed E-state index contributed by atoms with van der Waals surface area (Å²) in [6, 6.07) is 7.85. The van der Waals surface area contributed by atoms with Gasteiger partial charge >= 0.3 is 6.09 Å². The maximum Gasteiger partial charge on any atom is 0.410 e. The van der Waals surface area contributed by atoms with Crippen molar-refractivity contribution in [1.29, 1.82) is 0 Å². The number of carbonyl (C=O) groups excluding carboxylic acids is 2. The van der Waals surface area contributed by atoms with E-state index in [-0.39, 0.29) is 17.4 Å². The molecule has 7 nitrogen and oxygen atoms in total. The number of anilines is 1. The molecule has 0 atom stereocenters. The number of ether oxygens (including phenoxy) is 1. The molecule has 0 unspecified atom stereocenters. The number of aryl methyl sites for hydroxylation is 1. The summed E-state index contributed by atoms with van der Waals surface area (Å²) in [5.74, 6) is -0.276. The number of nitrogens with one attached hydrogen (secondary N) is 1. The van der Waals surface area contributed by atoms with Crippen molar-refractivity contribution in [2.45, 2.75) is 65.5 Å². The van der Waals surface area contributed by atoms with E-state index in [1.54, 1.807) is 9.58 Å². The molecule has 162 valence electrons. The van der Waals surface area contributed by atoms with Crippen LogP contribution < -0.4 is 5.32 Å². The number of hydrogen-bond acceptors (Lipinski definition) is 4. The highest BCUT2D eigenvalue weighted by atomic mass is 16.6. The fourth-order valence-corrected chi connectivity index (χ4v) is 3.50. The van der Waals surface area contributed by atoms with Gasteiger partial charge in [-0.2, -0.15) is 5.10 Å². The number of aromatic nitrogens is 2. The van der Waals surface area contributed by atoms with Crippen molar-refractivity contribution < 1.29 is 14.3 Å². The standard InChI is InChI=1S/C23H32N4O3/c1-22(2,3)15-8-10-16(11-9-15)24-20(28)19-17-14-27(21(29)30-23(4,5)6)13-12-18(17)26(7)25-19/h8-11H,12-14H2,1-7H3,(H,24,28). The summed E-state index contributed by atoms with van der Waals surface area (Å²) in [6.07, 6.45) is 0.257. The number of fused-ring (bicyclic) bond motifs is 1. The number of benzene rings is 1. The molecule has 0 bridgehead atoms. The number of hydrogen-bond donors (Lipinski definition) is 1. The molecule has 0 aliphatic carbocycles. The summed E-state index contributed by atoms with van der Waals surface area (Å²) in [5.41, 5.74) is 3.50. The lowest BCUT2D eigenvalue weighted by Gasteiger charge is -2.30. The van der Waals surface area contributed by atoms with Gasteiger partial charge in [0.25, 0.3) is 5.91 Å². The lowest BCUT2D eigenvalue weighted by atomic mass is 9.87. The maximum atomic E-state index is 13.0. The van der Waals surface area contributed by atoms with Crippen molar-refractivity contribution >= 4 is 17.7 Å². The minimum Gasteiger partial charge on any atom is -0.444 e. The van der Waals surface area contributed by atoms with Crippen LogP contribution in [0.1, 0.15) is 68.9 Å². The molecule has 1 aliphatic rings. The Labute approximate surface area is 178 Å². The van der Waals surface area contributed by atoms with Crippen LogP contribution in [-0.2, 0) is 30.2 Å². The predicted molar refractivity (Wildman–Crippen MR) is 117 cm³/mol. The summed E-state index contributed by atoms with van der Waals surface area (Å²) in [5, 5.41) is 7.37. The molecule has 2 heterocycles. The normalized spacial score (nSPS) is 14.3. The molecule has 1 aromatic heterocycles. The van der Waals surface area contributed by atoms with E-state index in [9.17, 15) is 9.59 Å². The summed E-state index contributed by atoms with van der Waals surface area (Å²) in [6.45, 7) is 12.8. The molecule has 0 saturated carbocycles. The lowest BCUT2D eigenvalue weighted by molar-refractivity contribution is 0.0222. The topological polar surface area (TPSA) is 76.5 Å². The zero-order chi connectivity index (χ0) is 22.3. The molecule has 0 spiro atoms. The van der Waals surface area contributed by atoms with Gasteiger partial charge in [0, 0.05) is 37.0 Å².